The van der Waals surface area contributed by atoms with Crippen molar-refractivity contribution in [2.24, 2.45) is 11.8 Å². The monoisotopic (exact) mass is 502 g/mol. The number of aliphatic hydroxyl groups excluding tert-OH is 1. The third-order valence-corrected chi connectivity index (χ3v) is 9.34. The molecule has 2 amide bonds. The van der Waals surface area contributed by atoms with Crippen LogP contribution in [-0.4, -0.2) is 69.6 Å². The van der Waals surface area contributed by atoms with Gasteiger partial charge in [-0.3, -0.25) is 14.4 Å². The number of aliphatic hydroxyl groups is 1. The summed E-state index contributed by atoms with van der Waals surface area (Å²) in [7, 11) is 0. The van der Waals surface area contributed by atoms with E-state index in [0.717, 1.165) is 0 Å². The average molecular weight is 503 g/mol. The minimum Gasteiger partial charge on any atom is -0.465 e. The zero-order valence-corrected chi connectivity index (χ0v) is 20.4. The van der Waals surface area contributed by atoms with Crippen molar-refractivity contribution in [2.45, 2.75) is 35.3 Å². The van der Waals surface area contributed by atoms with Gasteiger partial charge in [0, 0.05) is 24.4 Å². The van der Waals surface area contributed by atoms with E-state index in [0.29, 0.717) is 30.1 Å². The number of anilines is 1. The molecular formula is C25H27ClN2O5S. The number of para-hydroxylation sites is 1. The minimum atomic E-state index is -0.938. The summed E-state index contributed by atoms with van der Waals surface area (Å²) in [6.45, 7) is 2.65. The van der Waals surface area contributed by atoms with Crippen molar-refractivity contribution in [3.63, 3.8) is 0 Å². The number of thioether (sulfide) groups is 1. The number of fused-ring (bicyclic) bond motifs is 2. The lowest BCUT2D eigenvalue weighted by atomic mass is 9.74. The summed E-state index contributed by atoms with van der Waals surface area (Å²) in [5.41, 5.74) is 0.577. The molecule has 2 fully saturated rings. The van der Waals surface area contributed by atoms with E-state index in [1.165, 1.54) is 11.8 Å². The van der Waals surface area contributed by atoms with Crippen LogP contribution in [0.1, 0.15) is 19.8 Å². The smallest absolute Gasteiger partial charge is 0.311 e. The molecular weight excluding hydrogens is 476 g/mol. The number of ether oxygens (including phenoxy) is 1. The van der Waals surface area contributed by atoms with Crippen LogP contribution in [0, 0.1) is 11.8 Å². The maximum atomic E-state index is 14.2. The summed E-state index contributed by atoms with van der Waals surface area (Å²) in [6, 6.07) is 6.31. The van der Waals surface area contributed by atoms with Gasteiger partial charge in [-0.15, -0.1) is 11.8 Å². The second kappa shape index (κ2) is 8.73. The normalized spacial score (nSPS) is 34.8. The van der Waals surface area contributed by atoms with Crippen molar-refractivity contribution in [1.82, 2.24) is 4.90 Å². The van der Waals surface area contributed by atoms with Gasteiger partial charge < -0.3 is 19.6 Å². The molecule has 0 aliphatic carbocycles. The predicted molar refractivity (Wildman–Crippen MR) is 131 cm³/mol. The van der Waals surface area contributed by atoms with Crippen molar-refractivity contribution in [2.75, 3.05) is 31.2 Å². The van der Waals surface area contributed by atoms with Crippen molar-refractivity contribution in [3.8, 4) is 0 Å². The highest BCUT2D eigenvalue weighted by Crippen LogP contribution is 2.65. The number of benzene rings is 1. The maximum Gasteiger partial charge on any atom is 0.311 e. The minimum absolute atomic E-state index is 0.106. The molecule has 1 unspecified atom stereocenters. The topological polar surface area (TPSA) is 87.1 Å². The summed E-state index contributed by atoms with van der Waals surface area (Å²) in [6.07, 6.45) is 8.81. The van der Waals surface area contributed by atoms with E-state index >= 15 is 0 Å². The molecule has 0 saturated carbocycles. The number of amides is 2. The fourth-order valence-corrected chi connectivity index (χ4v) is 8.25. The van der Waals surface area contributed by atoms with E-state index in [4.69, 9.17) is 16.3 Å². The number of nitrogens with zero attached hydrogens (tertiary/aromatic N) is 2. The summed E-state index contributed by atoms with van der Waals surface area (Å²) in [5.74, 6) is -2.34. The second-order valence-corrected chi connectivity index (χ2v) is 11.5. The maximum absolute atomic E-state index is 14.2. The summed E-state index contributed by atoms with van der Waals surface area (Å²) in [5, 5.41) is 9.93. The molecule has 1 aromatic rings. The first-order valence-electron chi connectivity index (χ1n) is 11.5. The molecule has 2 saturated heterocycles. The molecule has 1 spiro atoms. The van der Waals surface area contributed by atoms with E-state index in [-0.39, 0.29) is 31.6 Å². The first kappa shape index (κ1) is 23.5. The molecule has 5 atom stereocenters. The van der Waals surface area contributed by atoms with Gasteiger partial charge in [0.25, 0.3) is 5.91 Å². The van der Waals surface area contributed by atoms with E-state index < -0.39 is 33.3 Å². The lowest BCUT2D eigenvalue weighted by Gasteiger charge is -2.37. The lowest BCUT2D eigenvalue weighted by molar-refractivity contribution is -0.154. The number of cyclic esters (lactones) is 1. The van der Waals surface area contributed by atoms with E-state index in [1.807, 2.05) is 37.3 Å². The van der Waals surface area contributed by atoms with Gasteiger partial charge in [0.05, 0.1) is 33.9 Å². The number of likely N-dealkylation sites (tertiary alicyclic amines) is 1. The van der Waals surface area contributed by atoms with Crippen LogP contribution in [0.25, 0.3) is 0 Å². The standard InChI is InChI=1S/C25H27ClN2O5S/c1-24-10-4-5-15-33-23(32)19(24)18-21(30)28(13-7-14-29)20-22(31)27(12-6-11-25(18,20)34-24)17-9-3-2-8-16(17)26/h2-4,6,8-11,18-20,29H,5,7,12-15H2,1H3/t18-,19-,20?,24+,25-/m0/s1. The molecule has 9 heteroatoms. The molecule has 4 aliphatic heterocycles. The highest BCUT2D eigenvalue weighted by atomic mass is 35.5. The van der Waals surface area contributed by atoms with E-state index in [9.17, 15) is 19.5 Å². The number of carbonyl (C=O) groups is 3. The molecule has 4 heterocycles. The molecule has 5 rings (SSSR count). The lowest BCUT2D eigenvalue weighted by Crippen LogP contribution is -2.53. The molecule has 0 aromatic heterocycles. The Morgan fingerprint density at radius 3 is 2.71 bits per heavy atom. The van der Waals surface area contributed by atoms with Crippen molar-refractivity contribution in [1.29, 1.82) is 0 Å². The van der Waals surface area contributed by atoms with Crippen LogP contribution in [0.15, 0.2) is 48.6 Å². The van der Waals surface area contributed by atoms with Crippen molar-refractivity contribution >= 4 is 46.8 Å². The average Bonchev–Trinajstić information content (AvgIpc) is 3.12. The van der Waals surface area contributed by atoms with Gasteiger partial charge in [-0.25, -0.2) is 0 Å². The largest absolute Gasteiger partial charge is 0.465 e. The van der Waals surface area contributed by atoms with Crippen LogP contribution in [0.2, 0.25) is 5.02 Å². The van der Waals surface area contributed by atoms with Gasteiger partial charge in [-0.1, -0.05) is 48.0 Å². The number of hydrogen-bond donors (Lipinski definition) is 1. The van der Waals surface area contributed by atoms with Gasteiger partial charge in [0.1, 0.15) is 6.04 Å². The fourth-order valence-electron chi connectivity index (χ4n) is 5.86. The first-order valence-corrected chi connectivity index (χ1v) is 12.7. The Labute approximate surface area is 207 Å². The van der Waals surface area contributed by atoms with Crippen LogP contribution in [0.3, 0.4) is 0 Å². The summed E-state index contributed by atoms with van der Waals surface area (Å²) in [4.78, 5) is 44.5. The molecule has 0 radical (unpaired) electrons. The molecule has 1 N–H and O–H groups in total. The summed E-state index contributed by atoms with van der Waals surface area (Å²) >= 11 is 7.95. The molecule has 34 heavy (non-hydrogen) atoms. The quantitative estimate of drug-likeness (QED) is 0.503. The first-order chi connectivity index (χ1) is 16.3. The Morgan fingerprint density at radius 1 is 1.15 bits per heavy atom. The van der Waals surface area contributed by atoms with Crippen LogP contribution < -0.4 is 4.90 Å². The van der Waals surface area contributed by atoms with Gasteiger partial charge in [-0.05, 0) is 31.9 Å². The number of hydrogen-bond acceptors (Lipinski definition) is 6. The number of esters is 1. The Hall–Kier alpha value is -2.29. The number of rotatable bonds is 4. The number of halogens is 1. The Bertz CT molecular complexity index is 1090. The van der Waals surface area contributed by atoms with Gasteiger partial charge in [0.2, 0.25) is 5.91 Å². The van der Waals surface area contributed by atoms with Gasteiger partial charge in [-0.2, -0.15) is 0 Å². The van der Waals surface area contributed by atoms with Gasteiger partial charge in [0.15, 0.2) is 0 Å². The van der Waals surface area contributed by atoms with Gasteiger partial charge >= 0.3 is 5.97 Å². The van der Waals surface area contributed by atoms with E-state index in [2.05, 4.69) is 0 Å². The van der Waals surface area contributed by atoms with Crippen molar-refractivity contribution < 1.29 is 24.2 Å². The number of carbonyl (C=O) groups excluding carboxylic acids is 3. The van der Waals surface area contributed by atoms with Crippen LogP contribution in [0.4, 0.5) is 5.69 Å². The van der Waals surface area contributed by atoms with Crippen LogP contribution in [-0.2, 0) is 19.1 Å². The van der Waals surface area contributed by atoms with Crippen molar-refractivity contribution in [3.05, 3.63) is 53.6 Å². The van der Waals surface area contributed by atoms with Crippen LogP contribution >= 0.6 is 23.4 Å². The highest BCUT2D eigenvalue weighted by Gasteiger charge is 2.73. The molecule has 0 bridgehead atoms. The Balaban J connectivity index is 1.65. The third-order valence-electron chi connectivity index (χ3n) is 7.22. The molecule has 180 valence electrons. The zero-order chi connectivity index (χ0) is 24.1. The molecule has 1 aromatic carbocycles. The highest BCUT2D eigenvalue weighted by molar-refractivity contribution is 8.02. The Kier molecular flexibility index (Phi) is 6.02. The molecule has 4 aliphatic rings. The third kappa shape index (κ3) is 3.41. The van der Waals surface area contributed by atoms with Crippen LogP contribution in [0.5, 0.6) is 0 Å². The summed E-state index contributed by atoms with van der Waals surface area (Å²) < 4.78 is 3.90. The van der Waals surface area contributed by atoms with E-state index in [1.54, 1.807) is 28.0 Å². The Morgan fingerprint density at radius 2 is 1.94 bits per heavy atom. The SMILES string of the molecule is C[C@@]12C=CCCOC(=O)[C@@H]1[C@H]1C(=O)N(CCCO)C3C(=O)N(c4ccccc4Cl)CC=C[C@@]31S2. The molecule has 7 nitrogen and oxygen atoms in total. The predicted octanol–water partition coefficient (Wildman–Crippen LogP) is 2.82. The fraction of sp³-hybridized carbons (Fsp3) is 0.480. The second-order valence-electron chi connectivity index (χ2n) is 9.27. The zero-order valence-electron chi connectivity index (χ0n) is 18.9.